The Balaban J connectivity index is 3.10. The third-order valence-corrected chi connectivity index (χ3v) is 4.84. The lowest BCUT2D eigenvalue weighted by Gasteiger charge is -2.45. The number of nitrogens with one attached hydrogen (secondary N) is 2. The second-order valence-electron chi connectivity index (χ2n) is 6.75. The Hall–Kier alpha value is -1.85. The third-order valence-electron chi connectivity index (χ3n) is 4.84. The number of ether oxygens (including phenoxy) is 1. The third kappa shape index (κ3) is 5.87. The first-order chi connectivity index (χ1) is 11.9. The van der Waals surface area contributed by atoms with Gasteiger partial charge in [-0.05, 0) is 38.5 Å². The van der Waals surface area contributed by atoms with Gasteiger partial charge in [-0.3, -0.25) is 14.4 Å². The second-order valence-corrected chi connectivity index (χ2v) is 6.75. The van der Waals surface area contributed by atoms with Crippen LogP contribution >= 0.6 is 0 Å². The van der Waals surface area contributed by atoms with Crippen molar-refractivity contribution in [2.75, 3.05) is 13.2 Å². The van der Waals surface area contributed by atoms with Crippen LogP contribution in [0.3, 0.4) is 0 Å². The van der Waals surface area contributed by atoms with E-state index in [-0.39, 0.29) is 36.0 Å². The van der Waals surface area contributed by atoms with Crippen LogP contribution in [0.5, 0.6) is 0 Å². The van der Waals surface area contributed by atoms with Crippen LogP contribution in [-0.4, -0.2) is 36.5 Å². The van der Waals surface area contributed by atoms with Crippen molar-refractivity contribution >= 4 is 17.8 Å². The van der Waals surface area contributed by atoms with E-state index >= 15 is 0 Å². The van der Waals surface area contributed by atoms with E-state index in [1.54, 1.807) is 6.92 Å². The molecule has 6 nitrogen and oxygen atoms in total. The van der Waals surface area contributed by atoms with Crippen molar-refractivity contribution in [3.8, 4) is 0 Å². The summed E-state index contributed by atoms with van der Waals surface area (Å²) in [6.45, 7) is 9.91. The highest BCUT2D eigenvalue weighted by molar-refractivity contribution is 5.92. The first kappa shape index (κ1) is 21.2. The quantitative estimate of drug-likeness (QED) is 0.379. The van der Waals surface area contributed by atoms with Gasteiger partial charge in [-0.1, -0.05) is 19.4 Å². The minimum Gasteiger partial charge on any atom is -0.466 e. The van der Waals surface area contributed by atoms with Crippen LogP contribution in [0.1, 0.15) is 59.3 Å². The zero-order valence-electron chi connectivity index (χ0n) is 15.7. The molecular formula is C19H32N2O4. The number of allylic oxidation sites excluding steroid dienone is 1. The molecule has 6 heteroatoms. The molecule has 3 atom stereocenters. The molecule has 0 aliphatic heterocycles. The molecule has 1 fully saturated rings. The number of amides is 2. The Labute approximate surface area is 150 Å². The van der Waals surface area contributed by atoms with Crippen LogP contribution in [0, 0.1) is 11.8 Å². The molecule has 1 aliphatic rings. The lowest BCUT2D eigenvalue weighted by Crippen LogP contribution is -2.65. The highest BCUT2D eigenvalue weighted by Gasteiger charge is 2.50. The predicted octanol–water partition coefficient (Wildman–Crippen LogP) is 2.33. The topological polar surface area (TPSA) is 84.5 Å². The van der Waals surface area contributed by atoms with Crippen molar-refractivity contribution in [2.45, 2.75) is 64.8 Å². The highest BCUT2D eigenvalue weighted by atomic mass is 16.5. The minimum atomic E-state index is -1.09. The van der Waals surface area contributed by atoms with Gasteiger partial charge in [0.15, 0.2) is 0 Å². The Kier molecular flexibility index (Phi) is 8.66. The molecule has 0 radical (unpaired) electrons. The molecule has 25 heavy (non-hydrogen) atoms. The van der Waals surface area contributed by atoms with Gasteiger partial charge >= 0.3 is 5.97 Å². The van der Waals surface area contributed by atoms with Gasteiger partial charge in [-0.2, -0.15) is 0 Å². The van der Waals surface area contributed by atoms with E-state index in [0.717, 1.165) is 19.3 Å². The van der Waals surface area contributed by atoms with Gasteiger partial charge in [0, 0.05) is 19.4 Å². The summed E-state index contributed by atoms with van der Waals surface area (Å²) >= 11 is 0. The number of rotatable bonds is 9. The summed E-state index contributed by atoms with van der Waals surface area (Å²) in [5.74, 6) is -0.975. The fourth-order valence-electron chi connectivity index (χ4n) is 3.58. The Morgan fingerprint density at radius 1 is 1.28 bits per heavy atom. The van der Waals surface area contributed by atoms with E-state index in [0.29, 0.717) is 26.0 Å². The standard InChI is InChI=1S/C19H32N2O4/c1-5-8-11-20-18(24)19(21-14(4)22)13-15(6-2)9-10-16(19)12-17(23)25-7-3/h6,15-16H,2,5,7-13H2,1,3-4H3,(H,20,24)(H,21,22)/t15-,16?,19?/m1/s1. The van der Waals surface area contributed by atoms with Crippen molar-refractivity contribution in [2.24, 2.45) is 11.8 Å². The number of hydrogen-bond donors (Lipinski definition) is 2. The van der Waals surface area contributed by atoms with Crippen LogP contribution in [0.15, 0.2) is 12.7 Å². The van der Waals surface area contributed by atoms with Crippen LogP contribution in [-0.2, 0) is 19.1 Å². The van der Waals surface area contributed by atoms with E-state index in [1.165, 1.54) is 6.92 Å². The average Bonchev–Trinajstić information content (AvgIpc) is 2.56. The normalized spacial score (nSPS) is 25.7. The fraction of sp³-hybridized carbons (Fsp3) is 0.737. The van der Waals surface area contributed by atoms with Crippen LogP contribution < -0.4 is 10.6 Å². The van der Waals surface area contributed by atoms with Crippen LogP contribution in [0.25, 0.3) is 0 Å². The molecule has 2 unspecified atom stereocenters. The van der Waals surface area contributed by atoms with Crippen molar-refractivity contribution in [1.29, 1.82) is 0 Å². The maximum Gasteiger partial charge on any atom is 0.306 e. The van der Waals surface area contributed by atoms with Gasteiger partial charge in [0.2, 0.25) is 11.8 Å². The average molecular weight is 352 g/mol. The molecular weight excluding hydrogens is 320 g/mol. The number of carbonyl (C=O) groups is 3. The Morgan fingerprint density at radius 3 is 2.56 bits per heavy atom. The van der Waals surface area contributed by atoms with Gasteiger partial charge in [0.05, 0.1) is 13.0 Å². The van der Waals surface area contributed by atoms with E-state index in [2.05, 4.69) is 17.2 Å². The molecule has 1 aliphatic carbocycles. The zero-order valence-corrected chi connectivity index (χ0v) is 15.7. The Morgan fingerprint density at radius 2 is 2.00 bits per heavy atom. The van der Waals surface area contributed by atoms with Gasteiger partial charge in [-0.25, -0.2) is 0 Å². The molecule has 0 bridgehead atoms. The molecule has 0 aromatic heterocycles. The van der Waals surface area contributed by atoms with Crippen LogP contribution in [0.2, 0.25) is 0 Å². The van der Waals surface area contributed by atoms with E-state index in [9.17, 15) is 14.4 Å². The van der Waals surface area contributed by atoms with Crippen molar-refractivity contribution in [3.63, 3.8) is 0 Å². The van der Waals surface area contributed by atoms with Gasteiger partial charge in [0.1, 0.15) is 5.54 Å². The number of esters is 1. The van der Waals surface area contributed by atoms with Gasteiger partial charge in [-0.15, -0.1) is 6.58 Å². The molecule has 0 heterocycles. The predicted molar refractivity (Wildman–Crippen MR) is 96.7 cm³/mol. The molecule has 0 spiro atoms. The molecule has 0 aromatic carbocycles. The summed E-state index contributed by atoms with van der Waals surface area (Å²) in [6.07, 6.45) is 5.76. The largest absolute Gasteiger partial charge is 0.466 e. The molecule has 2 N–H and O–H groups in total. The summed E-state index contributed by atoms with van der Waals surface area (Å²) in [4.78, 5) is 36.9. The lowest BCUT2D eigenvalue weighted by molar-refractivity contribution is -0.148. The smallest absolute Gasteiger partial charge is 0.306 e. The summed E-state index contributed by atoms with van der Waals surface area (Å²) in [5.41, 5.74) is -1.09. The van der Waals surface area contributed by atoms with E-state index in [1.807, 2.05) is 13.0 Å². The Bertz CT molecular complexity index is 492. The molecule has 2 amide bonds. The minimum absolute atomic E-state index is 0.124. The number of hydrogen-bond acceptors (Lipinski definition) is 4. The molecule has 142 valence electrons. The summed E-state index contributed by atoms with van der Waals surface area (Å²) in [6, 6.07) is 0. The lowest BCUT2D eigenvalue weighted by atomic mass is 9.66. The van der Waals surface area contributed by atoms with Crippen molar-refractivity contribution in [1.82, 2.24) is 10.6 Å². The van der Waals surface area contributed by atoms with Crippen LogP contribution in [0.4, 0.5) is 0 Å². The first-order valence-electron chi connectivity index (χ1n) is 9.24. The first-order valence-corrected chi connectivity index (χ1v) is 9.24. The maximum absolute atomic E-state index is 13.0. The molecule has 1 saturated carbocycles. The second kappa shape index (κ2) is 10.2. The number of unbranched alkanes of at least 4 members (excludes halogenated alkanes) is 1. The summed E-state index contributed by atoms with van der Waals surface area (Å²) in [7, 11) is 0. The van der Waals surface area contributed by atoms with Gasteiger partial charge in [0.25, 0.3) is 0 Å². The van der Waals surface area contributed by atoms with Crippen molar-refractivity contribution < 1.29 is 19.1 Å². The van der Waals surface area contributed by atoms with E-state index in [4.69, 9.17) is 4.74 Å². The fourth-order valence-corrected chi connectivity index (χ4v) is 3.58. The van der Waals surface area contributed by atoms with Gasteiger partial charge < -0.3 is 15.4 Å². The summed E-state index contributed by atoms with van der Waals surface area (Å²) in [5, 5.41) is 5.82. The summed E-state index contributed by atoms with van der Waals surface area (Å²) < 4.78 is 5.07. The highest BCUT2D eigenvalue weighted by Crippen LogP contribution is 2.40. The zero-order chi connectivity index (χ0) is 18.9. The van der Waals surface area contributed by atoms with E-state index < -0.39 is 5.54 Å². The number of carbonyl (C=O) groups excluding carboxylic acids is 3. The SMILES string of the molecule is C=C[C@@H]1CCC(CC(=O)OCC)C(NC(C)=O)(C(=O)NCCCC)C1. The maximum atomic E-state index is 13.0. The molecule has 0 saturated heterocycles. The monoisotopic (exact) mass is 352 g/mol. The molecule has 1 rings (SSSR count). The van der Waals surface area contributed by atoms with Crippen molar-refractivity contribution in [3.05, 3.63) is 12.7 Å². The molecule has 0 aromatic rings.